The van der Waals surface area contributed by atoms with E-state index in [1.54, 1.807) is 12.1 Å². The standard InChI is InChI=1S/C12H12N4O4S/c17-8-3-1-7(2-4-8)5-9(10(18)19)14-11(20)15-12-16-13-6-21-12/h1-4,6,9,17H,5H2,(H,18,19)(H2,14,15,16,20)/t9-/m0/s1. The van der Waals surface area contributed by atoms with Crippen LogP contribution in [0.25, 0.3) is 0 Å². The fourth-order valence-corrected chi connectivity index (χ4v) is 2.03. The third-order valence-corrected chi connectivity index (χ3v) is 3.17. The van der Waals surface area contributed by atoms with Crippen molar-refractivity contribution in [2.75, 3.05) is 5.32 Å². The van der Waals surface area contributed by atoms with Gasteiger partial charge >= 0.3 is 12.0 Å². The van der Waals surface area contributed by atoms with Crippen molar-refractivity contribution < 1.29 is 19.8 Å². The van der Waals surface area contributed by atoms with Gasteiger partial charge in [-0.25, -0.2) is 9.59 Å². The maximum Gasteiger partial charge on any atom is 0.326 e. The Balaban J connectivity index is 1.97. The summed E-state index contributed by atoms with van der Waals surface area (Å²) in [7, 11) is 0. The van der Waals surface area contributed by atoms with Gasteiger partial charge in [0, 0.05) is 6.42 Å². The van der Waals surface area contributed by atoms with E-state index >= 15 is 0 Å². The van der Waals surface area contributed by atoms with Crippen LogP contribution in [0.4, 0.5) is 9.93 Å². The van der Waals surface area contributed by atoms with Gasteiger partial charge in [0.05, 0.1) is 0 Å². The van der Waals surface area contributed by atoms with Gasteiger partial charge in [0.1, 0.15) is 17.3 Å². The first kappa shape index (κ1) is 14.7. The summed E-state index contributed by atoms with van der Waals surface area (Å²) in [5.41, 5.74) is 2.12. The first-order valence-corrected chi connectivity index (χ1v) is 6.77. The number of aromatic nitrogens is 2. The Morgan fingerprint density at radius 2 is 2.00 bits per heavy atom. The van der Waals surface area contributed by atoms with Crippen LogP contribution >= 0.6 is 11.3 Å². The number of phenolic OH excluding ortho intramolecular Hbond substituents is 1. The maximum atomic E-state index is 11.7. The number of carboxylic acid groups (broad SMARTS) is 1. The number of nitrogens with one attached hydrogen (secondary N) is 2. The zero-order chi connectivity index (χ0) is 15.2. The van der Waals surface area contributed by atoms with E-state index in [0.29, 0.717) is 5.56 Å². The Labute approximate surface area is 123 Å². The molecule has 9 heteroatoms. The van der Waals surface area contributed by atoms with Gasteiger partial charge in [-0.15, -0.1) is 10.2 Å². The summed E-state index contributed by atoms with van der Waals surface area (Å²) in [6.07, 6.45) is 0.0964. The lowest BCUT2D eigenvalue weighted by molar-refractivity contribution is -0.139. The van der Waals surface area contributed by atoms with Crippen molar-refractivity contribution in [3.05, 3.63) is 35.3 Å². The number of rotatable bonds is 5. The summed E-state index contributed by atoms with van der Waals surface area (Å²) in [5.74, 6) is -1.07. The Hall–Kier alpha value is -2.68. The van der Waals surface area contributed by atoms with Crippen molar-refractivity contribution in [2.24, 2.45) is 0 Å². The second-order valence-electron chi connectivity index (χ2n) is 4.10. The number of anilines is 1. The molecule has 0 spiro atoms. The third-order valence-electron chi connectivity index (χ3n) is 2.56. The fourth-order valence-electron chi connectivity index (χ4n) is 1.59. The zero-order valence-corrected chi connectivity index (χ0v) is 11.5. The van der Waals surface area contributed by atoms with Crippen molar-refractivity contribution in [1.82, 2.24) is 15.5 Å². The maximum absolute atomic E-state index is 11.7. The molecule has 0 aliphatic rings. The molecule has 0 aliphatic heterocycles. The average Bonchev–Trinajstić information content (AvgIpc) is 2.93. The van der Waals surface area contributed by atoms with Crippen LogP contribution in [-0.4, -0.2) is 38.5 Å². The highest BCUT2D eigenvalue weighted by Crippen LogP contribution is 2.12. The second kappa shape index (κ2) is 6.66. The molecule has 2 amide bonds. The predicted octanol–water partition coefficient (Wildman–Crippen LogP) is 1.06. The molecule has 0 aliphatic carbocycles. The van der Waals surface area contributed by atoms with Crippen LogP contribution in [0.2, 0.25) is 0 Å². The number of hydrogen-bond acceptors (Lipinski definition) is 6. The minimum Gasteiger partial charge on any atom is -0.508 e. The van der Waals surface area contributed by atoms with E-state index < -0.39 is 18.0 Å². The number of nitrogens with zero attached hydrogens (tertiary/aromatic N) is 2. The SMILES string of the molecule is O=C(Nc1nncs1)N[C@@H](Cc1ccc(O)cc1)C(=O)O. The van der Waals surface area contributed by atoms with Crippen LogP contribution in [0, 0.1) is 0 Å². The van der Waals surface area contributed by atoms with Gasteiger partial charge in [-0.3, -0.25) is 5.32 Å². The van der Waals surface area contributed by atoms with E-state index in [4.69, 9.17) is 5.11 Å². The molecule has 0 radical (unpaired) electrons. The van der Waals surface area contributed by atoms with Crippen molar-refractivity contribution in [3.8, 4) is 5.75 Å². The van der Waals surface area contributed by atoms with Gasteiger partial charge in [0.2, 0.25) is 5.13 Å². The number of phenols is 1. The molecule has 2 aromatic rings. The quantitative estimate of drug-likeness (QED) is 0.654. The molecule has 2 rings (SSSR count). The smallest absolute Gasteiger partial charge is 0.326 e. The molecule has 0 fully saturated rings. The molecule has 0 saturated carbocycles. The van der Waals surface area contributed by atoms with E-state index in [1.807, 2.05) is 0 Å². The van der Waals surface area contributed by atoms with Gasteiger partial charge in [-0.1, -0.05) is 23.5 Å². The monoisotopic (exact) mass is 308 g/mol. The molecule has 1 atom stereocenters. The second-order valence-corrected chi connectivity index (χ2v) is 4.94. The number of aromatic hydroxyl groups is 1. The number of benzene rings is 1. The third kappa shape index (κ3) is 4.42. The van der Waals surface area contributed by atoms with Crippen LogP contribution in [0.5, 0.6) is 5.75 Å². The zero-order valence-electron chi connectivity index (χ0n) is 10.7. The van der Waals surface area contributed by atoms with E-state index in [-0.39, 0.29) is 17.3 Å². The summed E-state index contributed by atoms with van der Waals surface area (Å²) >= 11 is 1.12. The Morgan fingerprint density at radius 1 is 1.29 bits per heavy atom. The first-order chi connectivity index (χ1) is 10.0. The van der Waals surface area contributed by atoms with E-state index in [2.05, 4.69) is 20.8 Å². The van der Waals surface area contributed by atoms with Crippen molar-refractivity contribution in [2.45, 2.75) is 12.5 Å². The molecule has 0 unspecified atom stereocenters. The number of aliphatic carboxylic acids is 1. The van der Waals surface area contributed by atoms with E-state index in [1.165, 1.54) is 17.6 Å². The summed E-state index contributed by atoms with van der Waals surface area (Å²) in [6.45, 7) is 0. The molecule has 0 bridgehead atoms. The Bertz CT molecular complexity index is 615. The molecular weight excluding hydrogens is 296 g/mol. The van der Waals surface area contributed by atoms with Crippen molar-refractivity contribution in [3.63, 3.8) is 0 Å². The highest BCUT2D eigenvalue weighted by molar-refractivity contribution is 7.13. The topological polar surface area (TPSA) is 124 Å². The van der Waals surface area contributed by atoms with Crippen LogP contribution in [-0.2, 0) is 11.2 Å². The van der Waals surface area contributed by atoms with Gasteiger partial charge in [-0.2, -0.15) is 0 Å². The largest absolute Gasteiger partial charge is 0.508 e. The lowest BCUT2D eigenvalue weighted by Gasteiger charge is -2.14. The molecular formula is C12H12N4O4S. The van der Waals surface area contributed by atoms with Crippen molar-refractivity contribution in [1.29, 1.82) is 0 Å². The summed E-state index contributed by atoms with van der Waals surface area (Å²) in [5, 5.41) is 30.5. The number of carbonyl (C=O) groups is 2. The number of amides is 2. The Morgan fingerprint density at radius 3 is 2.57 bits per heavy atom. The van der Waals surface area contributed by atoms with Gasteiger partial charge in [0.25, 0.3) is 0 Å². The summed E-state index contributed by atoms with van der Waals surface area (Å²) in [4.78, 5) is 22.9. The molecule has 110 valence electrons. The fraction of sp³-hybridized carbons (Fsp3) is 0.167. The molecule has 8 nitrogen and oxygen atoms in total. The molecule has 1 heterocycles. The number of carboxylic acids is 1. The number of urea groups is 1. The highest BCUT2D eigenvalue weighted by Gasteiger charge is 2.20. The molecule has 1 aromatic carbocycles. The average molecular weight is 308 g/mol. The van der Waals surface area contributed by atoms with Gasteiger partial charge in [-0.05, 0) is 17.7 Å². The van der Waals surface area contributed by atoms with E-state index in [0.717, 1.165) is 11.3 Å². The minimum atomic E-state index is -1.16. The number of hydrogen-bond donors (Lipinski definition) is 4. The van der Waals surface area contributed by atoms with Crippen LogP contribution < -0.4 is 10.6 Å². The van der Waals surface area contributed by atoms with Crippen LogP contribution in [0.3, 0.4) is 0 Å². The van der Waals surface area contributed by atoms with E-state index in [9.17, 15) is 14.7 Å². The summed E-state index contributed by atoms with van der Waals surface area (Å²) in [6, 6.07) is 4.33. The lowest BCUT2D eigenvalue weighted by atomic mass is 10.1. The molecule has 1 aromatic heterocycles. The number of carbonyl (C=O) groups excluding carboxylic acids is 1. The summed E-state index contributed by atoms with van der Waals surface area (Å²) < 4.78 is 0. The van der Waals surface area contributed by atoms with Crippen molar-refractivity contribution >= 4 is 28.5 Å². The Kier molecular flexibility index (Phi) is 4.67. The highest BCUT2D eigenvalue weighted by atomic mass is 32.1. The van der Waals surface area contributed by atoms with Crippen LogP contribution in [0.1, 0.15) is 5.56 Å². The van der Waals surface area contributed by atoms with Crippen LogP contribution in [0.15, 0.2) is 29.8 Å². The lowest BCUT2D eigenvalue weighted by Crippen LogP contribution is -2.44. The first-order valence-electron chi connectivity index (χ1n) is 5.89. The normalized spacial score (nSPS) is 11.6. The minimum absolute atomic E-state index is 0.0904. The molecule has 0 saturated heterocycles. The molecule has 21 heavy (non-hydrogen) atoms. The van der Waals surface area contributed by atoms with Gasteiger partial charge in [0.15, 0.2) is 0 Å². The molecule has 4 N–H and O–H groups in total. The predicted molar refractivity (Wildman–Crippen MR) is 75.3 cm³/mol. The van der Waals surface area contributed by atoms with Gasteiger partial charge < -0.3 is 15.5 Å².